The maximum atomic E-state index is 12.4. The zero-order chi connectivity index (χ0) is 12.5. The zero-order valence-corrected chi connectivity index (χ0v) is 11.8. The molecule has 1 aromatic carbocycles. The Morgan fingerprint density at radius 1 is 1.47 bits per heavy atom. The Kier molecular flexibility index (Phi) is 3.54. The van der Waals surface area contributed by atoms with E-state index in [4.69, 9.17) is 0 Å². The topological polar surface area (TPSA) is 32.3 Å². The molecule has 3 nitrogen and oxygen atoms in total. The standard InChI is InChI=1S/C13H17BrN2O/c1-13(2)9-15-6-7-16(13)12(17)10-4-3-5-11(14)8-10/h3-5,8,15H,6-7,9H2,1-2H3. The summed E-state index contributed by atoms with van der Waals surface area (Å²) in [5.74, 6) is 0.109. The van der Waals surface area contributed by atoms with E-state index in [0.29, 0.717) is 0 Å². The molecular formula is C13H17BrN2O. The first-order valence-electron chi connectivity index (χ1n) is 5.79. The minimum Gasteiger partial charge on any atom is -0.331 e. The summed E-state index contributed by atoms with van der Waals surface area (Å²) in [6, 6.07) is 7.57. The van der Waals surface area contributed by atoms with Gasteiger partial charge in [-0.05, 0) is 32.0 Å². The quantitative estimate of drug-likeness (QED) is 0.862. The molecule has 0 unspecified atom stereocenters. The first-order valence-corrected chi connectivity index (χ1v) is 6.58. The van der Waals surface area contributed by atoms with Crippen molar-refractivity contribution in [3.63, 3.8) is 0 Å². The van der Waals surface area contributed by atoms with E-state index >= 15 is 0 Å². The molecule has 17 heavy (non-hydrogen) atoms. The van der Waals surface area contributed by atoms with E-state index in [1.54, 1.807) is 0 Å². The van der Waals surface area contributed by atoms with Crippen molar-refractivity contribution in [3.05, 3.63) is 34.3 Å². The second-order valence-electron chi connectivity index (χ2n) is 4.96. The molecule has 0 atom stereocenters. The van der Waals surface area contributed by atoms with Gasteiger partial charge in [-0.2, -0.15) is 0 Å². The van der Waals surface area contributed by atoms with Crippen LogP contribution < -0.4 is 5.32 Å². The van der Waals surface area contributed by atoms with Crippen molar-refractivity contribution in [2.45, 2.75) is 19.4 Å². The lowest BCUT2D eigenvalue weighted by Gasteiger charge is -2.42. The third-order valence-corrected chi connectivity index (χ3v) is 3.61. The highest BCUT2D eigenvalue weighted by Gasteiger charge is 2.33. The van der Waals surface area contributed by atoms with Gasteiger partial charge in [-0.3, -0.25) is 4.79 Å². The van der Waals surface area contributed by atoms with E-state index in [0.717, 1.165) is 29.7 Å². The van der Waals surface area contributed by atoms with Crippen LogP contribution in [0.4, 0.5) is 0 Å². The van der Waals surface area contributed by atoms with Gasteiger partial charge < -0.3 is 10.2 Å². The third kappa shape index (κ3) is 2.69. The van der Waals surface area contributed by atoms with E-state index in [2.05, 4.69) is 35.1 Å². The number of carbonyl (C=O) groups is 1. The van der Waals surface area contributed by atoms with Gasteiger partial charge in [-0.1, -0.05) is 22.0 Å². The predicted octanol–water partition coefficient (Wildman–Crippen LogP) is 2.27. The number of carbonyl (C=O) groups excluding carboxylic acids is 1. The van der Waals surface area contributed by atoms with Crippen LogP contribution in [0, 0.1) is 0 Å². The molecule has 0 saturated carbocycles. The fraction of sp³-hybridized carbons (Fsp3) is 0.462. The number of benzene rings is 1. The smallest absolute Gasteiger partial charge is 0.254 e. The van der Waals surface area contributed by atoms with E-state index in [1.807, 2.05) is 29.2 Å². The Morgan fingerprint density at radius 2 is 2.24 bits per heavy atom. The maximum Gasteiger partial charge on any atom is 0.254 e. The molecular weight excluding hydrogens is 280 g/mol. The van der Waals surface area contributed by atoms with Gasteiger partial charge in [0.2, 0.25) is 0 Å². The van der Waals surface area contributed by atoms with Crippen LogP contribution >= 0.6 is 15.9 Å². The molecule has 92 valence electrons. The zero-order valence-electron chi connectivity index (χ0n) is 10.2. The Bertz CT molecular complexity index is 431. The second kappa shape index (κ2) is 4.78. The number of piperazine rings is 1. The first-order chi connectivity index (χ1) is 8.00. The number of hydrogen-bond donors (Lipinski definition) is 1. The van der Waals surface area contributed by atoms with Crippen molar-refractivity contribution in [2.24, 2.45) is 0 Å². The molecule has 0 aromatic heterocycles. The van der Waals surface area contributed by atoms with Crippen molar-refractivity contribution in [2.75, 3.05) is 19.6 Å². The van der Waals surface area contributed by atoms with Gasteiger partial charge in [-0.25, -0.2) is 0 Å². The van der Waals surface area contributed by atoms with Gasteiger partial charge in [0.15, 0.2) is 0 Å². The molecule has 1 aliphatic heterocycles. The molecule has 1 fully saturated rings. The summed E-state index contributed by atoms with van der Waals surface area (Å²) in [5, 5.41) is 3.32. The molecule has 2 rings (SSSR count). The van der Waals surface area contributed by atoms with Gasteiger partial charge in [-0.15, -0.1) is 0 Å². The number of rotatable bonds is 1. The number of halogens is 1. The van der Waals surface area contributed by atoms with Gasteiger partial charge in [0, 0.05) is 29.7 Å². The summed E-state index contributed by atoms with van der Waals surface area (Å²) in [6.45, 7) is 6.65. The average molecular weight is 297 g/mol. The fourth-order valence-corrected chi connectivity index (χ4v) is 2.54. The van der Waals surface area contributed by atoms with Gasteiger partial charge in [0.25, 0.3) is 5.91 Å². The summed E-state index contributed by atoms with van der Waals surface area (Å²) < 4.78 is 0.941. The number of hydrogen-bond acceptors (Lipinski definition) is 2. The van der Waals surface area contributed by atoms with E-state index in [1.165, 1.54) is 0 Å². The monoisotopic (exact) mass is 296 g/mol. The van der Waals surface area contributed by atoms with Crippen molar-refractivity contribution in [3.8, 4) is 0 Å². The molecule has 0 radical (unpaired) electrons. The van der Waals surface area contributed by atoms with Gasteiger partial charge in [0.1, 0.15) is 0 Å². The highest BCUT2D eigenvalue weighted by atomic mass is 79.9. The average Bonchev–Trinajstić information content (AvgIpc) is 2.27. The number of nitrogens with one attached hydrogen (secondary N) is 1. The van der Waals surface area contributed by atoms with Crippen molar-refractivity contribution < 1.29 is 4.79 Å². The Balaban J connectivity index is 2.25. The van der Waals surface area contributed by atoms with E-state index in [9.17, 15) is 4.79 Å². The Hall–Kier alpha value is -0.870. The number of amides is 1. The molecule has 1 heterocycles. The number of nitrogens with zero attached hydrogens (tertiary/aromatic N) is 1. The molecule has 0 bridgehead atoms. The normalized spacial score (nSPS) is 19.1. The van der Waals surface area contributed by atoms with Crippen LogP contribution in [0.15, 0.2) is 28.7 Å². The molecule has 1 N–H and O–H groups in total. The highest BCUT2D eigenvalue weighted by molar-refractivity contribution is 9.10. The van der Waals surface area contributed by atoms with E-state index in [-0.39, 0.29) is 11.4 Å². The highest BCUT2D eigenvalue weighted by Crippen LogP contribution is 2.21. The van der Waals surface area contributed by atoms with Crippen LogP contribution in [0.3, 0.4) is 0 Å². The summed E-state index contributed by atoms with van der Waals surface area (Å²) in [6.07, 6.45) is 0. The molecule has 1 aromatic rings. The van der Waals surface area contributed by atoms with Crippen LogP contribution in [0.25, 0.3) is 0 Å². The minimum atomic E-state index is -0.127. The summed E-state index contributed by atoms with van der Waals surface area (Å²) >= 11 is 3.40. The molecule has 1 aliphatic rings. The van der Waals surface area contributed by atoms with Crippen LogP contribution in [0.5, 0.6) is 0 Å². The molecule has 0 spiro atoms. The largest absolute Gasteiger partial charge is 0.331 e. The van der Waals surface area contributed by atoms with Crippen LogP contribution in [0.2, 0.25) is 0 Å². The molecule has 0 aliphatic carbocycles. The van der Waals surface area contributed by atoms with Crippen molar-refractivity contribution >= 4 is 21.8 Å². The Labute approximate surface area is 110 Å². The predicted molar refractivity (Wildman–Crippen MR) is 72.1 cm³/mol. The summed E-state index contributed by atoms with van der Waals surface area (Å²) in [7, 11) is 0. The first kappa shape index (κ1) is 12.6. The fourth-order valence-electron chi connectivity index (χ4n) is 2.14. The van der Waals surface area contributed by atoms with E-state index < -0.39 is 0 Å². The lowest BCUT2D eigenvalue weighted by Crippen LogP contribution is -2.59. The molecule has 1 amide bonds. The van der Waals surface area contributed by atoms with Gasteiger partial charge >= 0.3 is 0 Å². The molecule has 4 heteroatoms. The summed E-state index contributed by atoms with van der Waals surface area (Å²) in [5.41, 5.74) is 0.617. The van der Waals surface area contributed by atoms with Crippen LogP contribution in [0.1, 0.15) is 24.2 Å². The lowest BCUT2D eigenvalue weighted by atomic mass is 9.99. The molecule has 1 saturated heterocycles. The lowest BCUT2D eigenvalue weighted by molar-refractivity contribution is 0.0477. The van der Waals surface area contributed by atoms with Crippen molar-refractivity contribution in [1.29, 1.82) is 0 Å². The SMILES string of the molecule is CC1(C)CNCCN1C(=O)c1cccc(Br)c1. The third-order valence-electron chi connectivity index (χ3n) is 3.12. The summed E-state index contributed by atoms with van der Waals surface area (Å²) in [4.78, 5) is 14.4. The van der Waals surface area contributed by atoms with Crippen LogP contribution in [-0.2, 0) is 0 Å². The maximum absolute atomic E-state index is 12.4. The Morgan fingerprint density at radius 3 is 2.88 bits per heavy atom. The van der Waals surface area contributed by atoms with Crippen LogP contribution in [-0.4, -0.2) is 36.0 Å². The van der Waals surface area contributed by atoms with Gasteiger partial charge in [0.05, 0.1) is 5.54 Å². The minimum absolute atomic E-state index is 0.109. The van der Waals surface area contributed by atoms with Crippen molar-refractivity contribution in [1.82, 2.24) is 10.2 Å². The second-order valence-corrected chi connectivity index (χ2v) is 5.87.